The molecule has 1 aliphatic heterocycles. The molecule has 4 atom stereocenters. The van der Waals surface area contributed by atoms with E-state index in [2.05, 4.69) is 27.7 Å². The summed E-state index contributed by atoms with van der Waals surface area (Å²) in [5.41, 5.74) is 0.846. The monoisotopic (exact) mass is 585 g/mol. The first-order valence-corrected chi connectivity index (χ1v) is 15.2. The predicted molar refractivity (Wildman–Crippen MR) is 155 cm³/mol. The average molecular weight is 587 g/mol. The summed E-state index contributed by atoms with van der Waals surface area (Å²) in [5, 5.41) is 0.579. The van der Waals surface area contributed by atoms with Gasteiger partial charge < -0.3 is 14.4 Å². The van der Waals surface area contributed by atoms with Crippen LogP contribution in [0.15, 0.2) is 36.4 Å². The second kappa shape index (κ2) is 13.2. The third-order valence-corrected chi connectivity index (χ3v) is 8.95. The van der Waals surface area contributed by atoms with Crippen molar-refractivity contribution in [1.29, 1.82) is 0 Å². The molecule has 204 valence electrons. The highest BCUT2D eigenvalue weighted by Gasteiger charge is 2.47. The van der Waals surface area contributed by atoms with Gasteiger partial charge in [-0.1, -0.05) is 76.9 Å². The third-order valence-electron chi connectivity index (χ3n) is 5.99. The molecule has 9 heteroatoms. The zero-order valence-corrected chi connectivity index (χ0v) is 25.5. The number of hydrogen-bond donors (Lipinski definition) is 0. The molecule has 0 spiro atoms. The number of amides is 1. The van der Waals surface area contributed by atoms with E-state index < -0.39 is 24.2 Å². The number of thiophene rings is 1. The van der Waals surface area contributed by atoms with E-state index >= 15 is 0 Å². The van der Waals surface area contributed by atoms with Crippen LogP contribution in [0.3, 0.4) is 0 Å². The van der Waals surface area contributed by atoms with Crippen LogP contribution in [0.5, 0.6) is 0 Å². The molecule has 0 aliphatic carbocycles. The van der Waals surface area contributed by atoms with Crippen molar-refractivity contribution in [3.8, 4) is 0 Å². The van der Waals surface area contributed by atoms with Gasteiger partial charge in [-0.05, 0) is 42.2 Å². The highest BCUT2D eigenvalue weighted by Crippen LogP contribution is 2.47. The van der Waals surface area contributed by atoms with E-state index in [0.29, 0.717) is 16.0 Å². The van der Waals surface area contributed by atoms with Gasteiger partial charge in [-0.25, -0.2) is 0 Å². The van der Waals surface area contributed by atoms with E-state index in [1.165, 1.54) is 11.3 Å². The molecule has 5 nitrogen and oxygen atoms in total. The average Bonchev–Trinajstić information content (AvgIpc) is 3.25. The van der Waals surface area contributed by atoms with Crippen LogP contribution in [0.1, 0.15) is 77.0 Å². The number of nitrogens with zero attached hydrogens (tertiary/aromatic N) is 1. The van der Waals surface area contributed by atoms with E-state index in [1.807, 2.05) is 66.9 Å². The number of thioether (sulfide) groups is 1. The lowest BCUT2D eigenvalue weighted by molar-refractivity contribution is -0.183. The first kappa shape index (κ1) is 30.3. The fourth-order valence-electron chi connectivity index (χ4n) is 4.23. The van der Waals surface area contributed by atoms with Gasteiger partial charge in [0.25, 0.3) is 5.91 Å². The molecule has 37 heavy (non-hydrogen) atoms. The van der Waals surface area contributed by atoms with Gasteiger partial charge >= 0.3 is 5.97 Å². The Bertz CT molecular complexity index is 1070. The van der Waals surface area contributed by atoms with Gasteiger partial charge in [0.05, 0.1) is 23.4 Å². The van der Waals surface area contributed by atoms with Gasteiger partial charge in [0.1, 0.15) is 12.2 Å². The maximum atomic E-state index is 14.1. The van der Waals surface area contributed by atoms with Gasteiger partial charge in [0.2, 0.25) is 0 Å². The largest absolute Gasteiger partial charge is 0.465 e. The lowest BCUT2D eigenvalue weighted by Crippen LogP contribution is -2.55. The van der Waals surface area contributed by atoms with Crippen LogP contribution in [-0.2, 0) is 19.1 Å². The Morgan fingerprint density at radius 2 is 1.95 bits per heavy atom. The fourth-order valence-corrected chi connectivity index (χ4v) is 6.70. The van der Waals surface area contributed by atoms with Gasteiger partial charge in [-0.3, -0.25) is 9.59 Å². The van der Waals surface area contributed by atoms with Crippen molar-refractivity contribution in [1.82, 2.24) is 4.90 Å². The van der Waals surface area contributed by atoms with Crippen molar-refractivity contribution < 1.29 is 19.1 Å². The Morgan fingerprint density at radius 1 is 1.22 bits per heavy atom. The highest BCUT2D eigenvalue weighted by atomic mass is 35.5. The maximum absolute atomic E-state index is 14.1. The van der Waals surface area contributed by atoms with E-state index in [-0.39, 0.29) is 29.0 Å². The third kappa shape index (κ3) is 8.37. The Morgan fingerprint density at radius 3 is 2.51 bits per heavy atom. The van der Waals surface area contributed by atoms with Crippen LogP contribution < -0.4 is 0 Å². The molecule has 1 saturated heterocycles. The van der Waals surface area contributed by atoms with E-state index in [1.54, 1.807) is 0 Å². The van der Waals surface area contributed by atoms with Gasteiger partial charge in [0, 0.05) is 26.4 Å². The number of rotatable bonds is 10. The SMILES string of the molecule is CCC(CSC(C)(C)C)N1C(=O)C(CC(=O)OCC(C)C)OC(c2cccc(Cl)c2)C1c1ccc(Cl)s1. The molecule has 1 fully saturated rings. The molecule has 0 N–H and O–H groups in total. The summed E-state index contributed by atoms with van der Waals surface area (Å²) in [7, 11) is 0. The number of ether oxygens (including phenoxy) is 2. The van der Waals surface area contributed by atoms with Crippen molar-refractivity contribution in [3.05, 3.63) is 56.2 Å². The molecule has 1 amide bonds. The number of carbonyl (C=O) groups excluding carboxylic acids is 2. The quantitative estimate of drug-likeness (QED) is 0.265. The van der Waals surface area contributed by atoms with Crippen molar-refractivity contribution in [3.63, 3.8) is 0 Å². The van der Waals surface area contributed by atoms with E-state index in [9.17, 15) is 9.59 Å². The number of hydrogen-bond acceptors (Lipinski definition) is 6. The molecule has 3 rings (SSSR count). The molecule has 1 aromatic heterocycles. The Hall–Kier alpha value is -1.25. The van der Waals surface area contributed by atoms with Crippen LogP contribution in [0.2, 0.25) is 9.36 Å². The summed E-state index contributed by atoms with van der Waals surface area (Å²) in [6.45, 7) is 12.9. The van der Waals surface area contributed by atoms with Crippen molar-refractivity contribution >= 4 is 58.2 Å². The zero-order chi connectivity index (χ0) is 27.3. The number of esters is 1. The van der Waals surface area contributed by atoms with Crippen LogP contribution >= 0.6 is 46.3 Å². The number of benzene rings is 1. The summed E-state index contributed by atoms with van der Waals surface area (Å²) >= 11 is 16.0. The standard InChI is InChI=1S/C28H37Cl2NO4S2/c1-7-20(16-36-28(4,5)6)31-25(22-11-12-23(30)37-22)26(18-9-8-10-19(29)13-18)35-21(27(31)33)14-24(32)34-15-17(2)3/h8-13,17,20-21,25-26H,7,14-16H2,1-6H3. The minimum absolute atomic E-state index is 0.0386. The number of halogens is 2. The number of morpholine rings is 1. The second-order valence-corrected chi connectivity index (χ2v) is 14.7. The Balaban J connectivity index is 2.06. The smallest absolute Gasteiger partial charge is 0.308 e. The lowest BCUT2D eigenvalue weighted by Gasteiger charge is -2.47. The van der Waals surface area contributed by atoms with E-state index in [4.69, 9.17) is 32.7 Å². The van der Waals surface area contributed by atoms with Crippen LogP contribution in [0.4, 0.5) is 0 Å². The molecule has 1 aromatic carbocycles. The number of carbonyl (C=O) groups is 2. The topological polar surface area (TPSA) is 55.8 Å². The molecule has 4 unspecified atom stereocenters. The first-order valence-electron chi connectivity index (χ1n) is 12.7. The summed E-state index contributed by atoms with van der Waals surface area (Å²) in [6, 6.07) is 10.8. The summed E-state index contributed by atoms with van der Waals surface area (Å²) in [5.74, 6) is 0.324. The summed E-state index contributed by atoms with van der Waals surface area (Å²) < 4.78 is 12.6. The second-order valence-electron chi connectivity index (χ2n) is 10.7. The lowest BCUT2D eigenvalue weighted by atomic mass is 9.93. The molecule has 2 heterocycles. The molecular weight excluding hydrogens is 549 g/mol. The Kier molecular flexibility index (Phi) is 10.8. The van der Waals surface area contributed by atoms with Crippen LogP contribution in [0.25, 0.3) is 0 Å². The Labute approximate surface area is 239 Å². The molecule has 0 saturated carbocycles. The van der Waals surface area contributed by atoms with E-state index in [0.717, 1.165) is 22.6 Å². The minimum Gasteiger partial charge on any atom is -0.465 e. The zero-order valence-electron chi connectivity index (χ0n) is 22.3. The van der Waals surface area contributed by atoms with Crippen molar-refractivity contribution in [2.75, 3.05) is 12.4 Å². The summed E-state index contributed by atoms with van der Waals surface area (Å²) in [4.78, 5) is 29.7. The predicted octanol–water partition coefficient (Wildman–Crippen LogP) is 7.96. The van der Waals surface area contributed by atoms with Gasteiger partial charge in [-0.15, -0.1) is 11.3 Å². The molecular formula is C28H37Cl2NO4S2. The molecule has 0 radical (unpaired) electrons. The molecule has 1 aliphatic rings. The normalized spacial score (nSPS) is 21.4. The molecule has 0 bridgehead atoms. The van der Waals surface area contributed by atoms with Crippen LogP contribution in [-0.4, -0.2) is 46.0 Å². The maximum Gasteiger partial charge on any atom is 0.308 e. The van der Waals surface area contributed by atoms with Crippen molar-refractivity contribution in [2.24, 2.45) is 5.92 Å². The fraction of sp³-hybridized carbons (Fsp3) is 0.571. The minimum atomic E-state index is -0.955. The van der Waals surface area contributed by atoms with Gasteiger partial charge in [-0.2, -0.15) is 11.8 Å². The van der Waals surface area contributed by atoms with Gasteiger partial charge in [0.15, 0.2) is 0 Å². The first-order chi connectivity index (χ1) is 17.4. The molecule has 2 aromatic rings. The van der Waals surface area contributed by atoms with Crippen LogP contribution in [0, 0.1) is 5.92 Å². The highest BCUT2D eigenvalue weighted by molar-refractivity contribution is 8.00. The van der Waals surface area contributed by atoms with Crippen molar-refractivity contribution in [2.45, 2.75) is 83.4 Å². The summed E-state index contributed by atoms with van der Waals surface area (Å²) in [6.07, 6.45) is -0.858.